The van der Waals surface area contributed by atoms with Crippen LogP contribution in [0.4, 0.5) is 0 Å². The molecule has 2 heterocycles. The van der Waals surface area contributed by atoms with Crippen molar-refractivity contribution >= 4 is 15.9 Å². The van der Waals surface area contributed by atoms with Gasteiger partial charge in [0.25, 0.3) is 0 Å². The van der Waals surface area contributed by atoms with Crippen molar-refractivity contribution < 1.29 is 4.52 Å². The quantitative estimate of drug-likeness (QED) is 0.844. The third-order valence-electron chi connectivity index (χ3n) is 2.02. The molecule has 6 heteroatoms. The molecular formula is C10H11BrN4O. The molecule has 0 aliphatic carbocycles. The van der Waals surface area contributed by atoms with Gasteiger partial charge in [-0.05, 0) is 28.1 Å². The topological polar surface area (TPSA) is 63.8 Å². The first kappa shape index (κ1) is 11.2. The first-order chi connectivity index (χ1) is 7.84. The van der Waals surface area contributed by atoms with Crippen LogP contribution in [0.3, 0.4) is 0 Å². The summed E-state index contributed by atoms with van der Waals surface area (Å²) in [7, 11) is 0. The Kier molecular flexibility index (Phi) is 4.01. The van der Waals surface area contributed by atoms with Crippen molar-refractivity contribution in [3.05, 3.63) is 40.7 Å². The van der Waals surface area contributed by atoms with Gasteiger partial charge in [-0.1, -0.05) is 5.16 Å². The second kappa shape index (κ2) is 5.72. The summed E-state index contributed by atoms with van der Waals surface area (Å²) in [5.74, 6) is 0.649. The summed E-state index contributed by atoms with van der Waals surface area (Å²) < 4.78 is 5.87. The maximum Gasteiger partial charge on any atom is 0.227 e. The maximum atomic E-state index is 4.88. The maximum absolute atomic E-state index is 4.88. The van der Waals surface area contributed by atoms with Crippen LogP contribution >= 0.6 is 15.9 Å². The number of hydrogen-bond donors (Lipinski definition) is 1. The Bertz CT molecular complexity index is 415. The largest absolute Gasteiger partial charge is 0.340 e. The normalized spacial score (nSPS) is 10.6. The summed E-state index contributed by atoms with van der Waals surface area (Å²) in [5, 5.41) is 6.79. The SMILES string of the molecule is Brc1ccc(CNCCc2ncno2)nc1. The molecule has 0 aromatic carbocycles. The molecule has 16 heavy (non-hydrogen) atoms. The molecule has 0 saturated heterocycles. The molecule has 5 nitrogen and oxygen atoms in total. The van der Waals surface area contributed by atoms with Crippen LogP contribution < -0.4 is 5.32 Å². The highest BCUT2D eigenvalue weighted by Gasteiger charge is 1.98. The van der Waals surface area contributed by atoms with Gasteiger partial charge in [-0.3, -0.25) is 4.98 Å². The molecule has 0 unspecified atom stereocenters. The minimum Gasteiger partial charge on any atom is -0.340 e. The molecule has 0 aliphatic rings. The lowest BCUT2D eigenvalue weighted by Crippen LogP contribution is -2.17. The van der Waals surface area contributed by atoms with Crippen LogP contribution in [-0.4, -0.2) is 21.7 Å². The standard InChI is InChI=1S/C10H11BrN4O/c11-8-1-2-9(13-5-8)6-12-4-3-10-14-7-15-16-10/h1-2,5,7,12H,3-4,6H2. The Morgan fingerprint density at radius 1 is 1.31 bits per heavy atom. The molecule has 2 rings (SSSR count). The van der Waals surface area contributed by atoms with Gasteiger partial charge >= 0.3 is 0 Å². The highest BCUT2D eigenvalue weighted by Crippen LogP contribution is 2.06. The van der Waals surface area contributed by atoms with Gasteiger partial charge in [0.2, 0.25) is 5.89 Å². The molecule has 0 spiro atoms. The van der Waals surface area contributed by atoms with E-state index in [9.17, 15) is 0 Å². The molecule has 0 bridgehead atoms. The summed E-state index contributed by atoms with van der Waals surface area (Å²) in [6.07, 6.45) is 3.93. The average molecular weight is 283 g/mol. The molecule has 0 amide bonds. The number of nitrogens with one attached hydrogen (secondary N) is 1. The van der Waals surface area contributed by atoms with Crippen molar-refractivity contribution in [3.8, 4) is 0 Å². The van der Waals surface area contributed by atoms with Gasteiger partial charge in [-0.25, -0.2) is 0 Å². The van der Waals surface area contributed by atoms with Crippen LogP contribution in [0, 0.1) is 0 Å². The van der Waals surface area contributed by atoms with E-state index in [4.69, 9.17) is 4.52 Å². The summed E-state index contributed by atoms with van der Waals surface area (Å²) in [4.78, 5) is 8.18. The van der Waals surface area contributed by atoms with Crippen LogP contribution in [0.2, 0.25) is 0 Å². The molecular weight excluding hydrogens is 272 g/mol. The molecule has 1 N–H and O–H groups in total. The zero-order chi connectivity index (χ0) is 11.2. The van der Waals surface area contributed by atoms with Crippen LogP contribution in [0.5, 0.6) is 0 Å². The molecule has 0 fully saturated rings. The second-order valence-corrected chi connectivity index (χ2v) is 4.15. The Morgan fingerprint density at radius 3 is 2.94 bits per heavy atom. The van der Waals surface area contributed by atoms with Gasteiger partial charge in [0.15, 0.2) is 6.33 Å². The van der Waals surface area contributed by atoms with Crippen molar-refractivity contribution in [2.24, 2.45) is 0 Å². The number of hydrogen-bond acceptors (Lipinski definition) is 5. The first-order valence-electron chi connectivity index (χ1n) is 4.91. The number of aromatic nitrogens is 3. The molecule has 2 aromatic rings. The lowest BCUT2D eigenvalue weighted by Gasteiger charge is -2.02. The molecule has 0 aliphatic heterocycles. The molecule has 0 radical (unpaired) electrons. The lowest BCUT2D eigenvalue weighted by atomic mass is 10.3. The molecule has 0 saturated carbocycles. The Morgan fingerprint density at radius 2 is 2.25 bits per heavy atom. The summed E-state index contributed by atoms with van der Waals surface area (Å²) in [6, 6.07) is 3.95. The zero-order valence-electron chi connectivity index (χ0n) is 8.56. The Labute approximate surface area is 101 Å². The summed E-state index contributed by atoms with van der Waals surface area (Å²) >= 11 is 3.34. The van der Waals surface area contributed by atoms with E-state index in [1.165, 1.54) is 6.33 Å². The van der Waals surface area contributed by atoms with Gasteiger partial charge in [-0.15, -0.1) is 0 Å². The van der Waals surface area contributed by atoms with Crippen molar-refractivity contribution in [3.63, 3.8) is 0 Å². The molecule has 84 valence electrons. The summed E-state index contributed by atoms with van der Waals surface area (Å²) in [6.45, 7) is 1.53. The number of nitrogens with zero attached hydrogens (tertiary/aromatic N) is 3. The van der Waals surface area contributed by atoms with E-state index in [2.05, 4.69) is 36.4 Å². The predicted octanol–water partition coefficient (Wildman–Crippen LogP) is 1.56. The number of pyridine rings is 1. The van der Waals surface area contributed by atoms with E-state index >= 15 is 0 Å². The third-order valence-corrected chi connectivity index (χ3v) is 2.49. The van der Waals surface area contributed by atoms with E-state index in [0.717, 1.165) is 29.7 Å². The fraction of sp³-hybridized carbons (Fsp3) is 0.300. The fourth-order valence-electron chi connectivity index (χ4n) is 1.23. The molecule has 0 atom stereocenters. The fourth-order valence-corrected chi connectivity index (χ4v) is 1.46. The van der Waals surface area contributed by atoms with Crippen molar-refractivity contribution in [1.82, 2.24) is 20.4 Å². The molecule has 2 aromatic heterocycles. The van der Waals surface area contributed by atoms with Gasteiger partial charge in [-0.2, -0.15) is 4.98 Å². The van der Waals surface area contributed by atoms with Crippen LogP contribution in [0.15, 0.2) is 33.7 Å². The zero-order valence-corrected chi connectivity index (χ0v) is 10.1. The highest BCUT2D eigenvalue weighted by molar-refractivity contribution is 9.10. The summed E-state index contributed by atoms with van der Waals surface area (Å²) in [5.41, 5.74) is 1.01. The average Bonchev–Trinajstić information content (AvgIpc) is 2.80. The highest BCUT2D eigenvalue weighted by atomic mass is 79.9. The Hall–Kier alpha value is -1.27. The van der Waals surface area contributed by atoms with E-state index in [1.54, 1.807) is 6.20 Å². The van der Waals surface area contributed by atoms with Crippen molar-refractivity contribution in [2.45, 2.75) is 13.0 Å². The number of rotatable bonds is 5. The second-order valence-electron chi connectivity index (χ2n) is 3.23. The van der Waals surface area contributed by atoms with Crippen LogP contribution in [0.1, 0.15) is 11.6 Å². The van der Waals surface area contributed by atoms with E-state index < -0.39 is 0 Å². The van der Waals surface area contributed by atoms with Crippen LogP contribution in [0.25, 0.3) is 0 Å². The predicted molar refractivity (Wildman–Crippen MR) is 61.6 cm³/mol. The van der Waals surface area contributed by atoms with E-state index in [0.29, 0.717) is 5.89 Å². The minimum absolute atomic E-state index is 0.649. The monoisotopic (exact) mass is 282 g/mol. The minimum atomic E-state index is 0.649. The number of halogens is 1. The Balaban J connectivity index is 1.70. The van der Waals surface area contributed by atoms with Gasteiger partial charge < -0.3 is 9.84 Å². The third kappa shape index (κ3) is 3.39. The first-order valence-corrected chi connectivity index (χ1v) is 5.70. The van der Waals surface area contributed by atoms with Crippen LogP contribution in [-0.2, 0) is 13.0 Å². The van der Waals surface area contributed by atoms with Gasteiger partial charge in [0.05, 0.1) is 5.69 Å². The smallest absolute Gasteiger partial charge is 0.227 e. The van der Waals surface area contributed by atoms with Gasteiger partial charge in [0, 0.05) is 30.2 Å². The van der Waals surface area contributed by atoms with Gasteiger partial charge in [0.1, 0.15) is 0 Å². The van der Waals surface area contributed by atoms with Crippen molar-refractivity contribution in [2.75, 3.05) is 6.54 Å². The lowest BCUT2D eigenvalue weighted by molar-refractivity contribution is 0.374. The van der Waals surface area contributed by atoms with E-state index in [-0.39, 0.29) is 0 Å². The van der Waals surface area contributed by atoms with Crippen molar-refractivity contribution in [1.29, 1.82) is 0 Å². The van der Waals surface area contributed by atoms with E-state index in [1.807, 2.05) is 12.1 Å².